The van der Waals surface area contributed by atoms with Crippen molar-refractivity contribution in [2.24, 2.45) is 0 Å². The van der Waals surface area contributed by atoms with Crippen LogP contribution in [-0.2, 0) is 13.0 Å². The largest absolute Gasteiger partial charge is 0.507 e. The van der Waals surface area contributed by atoms with Crippen LogP contribution in [0.2, 0.25) is 0 Å². The maximum absolute atomic E-state index is 9.68. The summed E-state index contributed by atoms with van der Waals surface area (Å²) < 4.78 is 0.972. The molecular weight excluding hydrogens is 279 g/mol. The molecule has 2 N–H and O–H groups in total. The predicted octanol–water partition coefficient (Wildman–Crippen LogP) is 2.17. The molecule has 0 bridgehead atoms. The molecule has 0 radical (unpaired) electrons. The van der Waals surface area contributed by atoms with Crippen molar-refractivity contribution in [3.63, 3.8) is 0 Å². The van der Waals surface area contributed by atoms with Crippen LogP contribution in [0.1, 0.15) is 16.7 Å². The lowest BCUT2D eigenvalue weighted by atomic mass is 10.0. The third-order valence-corrected chi connectivity index (χ3v) is 2.49. The van der Waals surface area contributed by atoms with Gasteiger partial charge in [0.15, 0.2) is 0 Å². The molecule has 0 aliphatic carbocycles. The van der Waals surface area contributed by atoms with Crippen molar-refractivity contribution in [3.05, 3.63) is 28.8 Å². The molecule has 1 aromatic carbocycles. The Bertz CT molecular complexity index is 297. The highest BCUT2D eigenvalue weighted by atomic mass is 127. The second kappa shape index (κ2) is 4.81. The summed E-state index contributed by atoms with van der Waals surface area (Å²) in [6.07, 6.45) is 0.848. The Morgan fingerprint density at radius 2 is 1.92 bits per heavy atom. The molecule has 0 saturated heterocycles. The van der Waals surface area contributed by atoms with E-state index in [1.807, 2.05) is 19.1 Å². The SMILES string of the molecule is Cc1cc(CO)c(O)c(CCI)c1. The van der Waals surface area contributed by atoms with Gasteiger partial charge in [0.1, 0.15) is 5.75 Å². The molecule has 72 valence electrons. The van der Waals surface area contributed by atoms with Gasteiger partial charge in [-0.05, 0) is 18.9 Å². The maximum atomic E-state index is 9.68. The predicted molar refractivity (Wildman–Crippen MR) is 61.4 cm³/mol. The first kappa shape index (κ1) is 10.8. The number of benzene rings is 1. The smallest absolute Gasteiger partial charge is 0.124 e. The molecule has 0 aliphatic rings. The van der Waals surface area contributed by atoms with E-state index >= 15 is 0 Å². The molecule has 0 saturated carbocycles. The minimum Gasteiger partial charge on any atom is -0.507 e. The fourth-order valence-electron chi connectivity index (χ4n) is 1.35. The second-order valence-electron chi connectivity index (χ2n) is 3.03. The molecule has 1 aromatic rings. The monoisotopic (exact) mass is 292 g/mol. The van der Waals surface area contributed by atoms with Gasteiger partial charge >= 0.3 is 0 Å². The van der Waals surface area contributed by atoms with Gasteiger partial charge in [-0.15, -0.1) is 0 Å². The van der Waals surface area contributed by atoms with Crippen molar-refractivity contribution < 1.29 is 10.2 Å². The summed E-state index contributed by atoms with van der Waals surface area (Å²) in [4.78, 5) is 0. The van der Waals surface area contributed by atoms with E-state index in [4.69, 9.17) is 5.11 Å². The van der Waals surface area contributed by atoms with Gasteiger partial charge in [-0.25, -0.2) is 0 Å². The Morgan fingerprint density at radius 3 is 2.46 bits per heavy atom. The van der Waals surface area contributed by atoms with Crippen LogP contribution >= 0.6 is 22.6 Å². The van der Waals surface area contributed by atoms with Crippen LogP contribution in [0.25, 0.3) is 0 Å². The molecule has 0 heterocycles. The third kappa shape index (κ3) is 2.57. The zero-order valence-electron chi connectivity index (χ0n) is 7.55. The van der Waals surface area contributed by atoms with Crippen LogP contribution in [0, 0.1) is 6.92 Å². The Balaban J connectivity index is 3.11. The Kier molecular flexibility index (Phi) is 3.99. The van der Waals surface area contributed by atoms with Gasteiger partial charge in [-0.1, -0.05) is 40.3 Å². The number of aromatic hydroxyl groups is 1. The van der Waals surface area contributed by atoms with Crippen LogP contribution in [0.5, 0.6) is 5.75 Å². The molecule has 3 heteroatoms. The van der Waals surface area contributed by atoms with E-state index in [0.29, 0.717) is 5.56 Å². The summed E-state index contributed by atoms with van der Waals surface area (Å²) in [5.74, 6) is 0.254. The Morgan fingerprint density at radius 1 is 1.31 bits per heavy atom. The average Bonchev–Trinajstić information content (AvgIpc) is 2.11. The second-order valence-corrected chi connectivity index (χ2v) is 4.11. The van der Waals surface area contributed by atoms with Gasteiger partial charge in [-0.3, -0.25) is 0 Å². The summed E-state index contributed by atoms with van der Waals surface area (Å²) in [6.45, 7) is 1.87. The lowest BCUT2D eigenvalue weighted by Gasteiger charge is -2.08. The number of halogens is 1. The van der Waals surface area contributed by atoms with Crippen molar-refractivity contribution in [2.45, 2.75) is 20.0 Å². The first-order chi connectivity index (χ1) is 6.19. The molecule has 0 unspecified atom stereocenters. The normalized spacial score (nSPS) is 10.4. The average molecular weight is 292 g/mol. The Labute approximate surface area is 91.7 Å². The van der Waals surface area contributed by atoms with Crippen LogP contribution in [-0.4, -0.2) is 14.6 Å². The van der Waals surface area contributed by atoms with Crippen LogP contribution in [0.15, 0.2) is 12.1 Å². The fraction of sp³-hybridized carbons (Fsp3) is 0.400. The number of hydrogen-bond acceptors (Lipinski definition) is 2. The Hall–Kier alpha value is -0.290. The van der Waals surface area contributed by atoms with E-state index in [1.54, 1.807) is 0 Å². The number of alkyl halides is 1. The topological polar surface area (TPSA) is 40.5 Å². The first-order valence-electron chi connectivity index (χ1n) is 4.17. The summed E-state index contributed by atoms with van der Waals surface area (Å²) in [6, 6.07) is 3.78. The van der Waals surface area contributed by atoms with E-state index < -0.39 is 0 Å². The molecule has 1 rings (SSSR count). The highest BCUT2D eigenvalue weighted by Gasteiger charge is 2.06. The summed E-state index contributed by atoms with van der Waals surface area (Å²) in [5, 5.41) is 18.7. The quantitative estimate of drug-likeness (QED) is 0.662. The highest BCUT2D eigenvalue weighted by Crippen LogP contribution is 2.25. The number of aryl methyl sites for hydroxylation is 2. The molecule has 0 atom stereocenters. The zero-order chi connectivity index (χ0) is 9.84. The molecule has 2 nitrogen and oxygen atoms in total. The van der Waals surface area contributed by atoms with Crippen LogP contribution < -0.4 is 0 Å². The molecule has 13 heavy (non-hydrogen) atoms. The number of hydrogen-bond donors (Lipinski definition) is 2. The lowest BCUT2D eigenvalue weighted by Crippen LogP contribution is -1.93. The van der Waals surface area contributed by atoms with Gasteiger partial charge in [0.25, 0.3) is 0 Å². The summed E-state index contributed by atoms with van der Waals surface area (Å²) in [5.41, 5.74) is 2.64. The van der Waals surface area contributed by atoms with E-state index in [1.165, 1.54) is 0 Å². The molecule has 0 aromatic heterocycles. The van der Waals surface area contributed by atoms with Gasteiger partial charge in [-0.2, -0.15) is 0 Å². The highest BCUT2D eigenvalue weighted by molar-refractivity contribution is 14.1. The minimum atomic E-state index is -0.0955. The van der Waals surface area contributed by atoms with Crippen LogP contribution in [0.4, 0.5) is 0 Å². The van der Waals surface area contributed by atoms with E-state index in [9.17, 15) is 5.11 Å². The molecule has 0 amide bonds. The summed E-state index contributed by atoms with van der Waals surface area (Å²) >= 11 is 2.27. The molecule has 0 fully saturated rings. The summed E-state index contributed by atoms with van der Waals surface area (Å²) in [7, 11) is 0. The van der Waals surface area contributed by atoms with Gasteiger partial charge in [0, 0.05) is 9.99 Å². The minimum absolute atomic E-state index is 0.0955. The van der Waals surface area contributed by atoms with E-state index in [0.717, 1.165) is 22.0 Å². The van der Waals surface area contributed by atoms with Gasteiger partial charge in [0.05, 0.1) is 6.61 Å². The molecule has 0 spiro atoms. The van der Waals surface area contributed by atoms with Crippen molar-refractivity contribution >= 4 is 22.6 Å². The third-order valence-electron chi connectivity index (χ3n) is 1.95. The molecule has 0 aliphatic heterocycles. The van der Waals surface area contributed by atoms with Gasteiger partial charge < -0.3 is 10.2 Å². The zero-order valence-corrected chi connectivity index (χ0v) is 9.71. The fourth-order valence-corrected chi connectivity index (χ4v) is 1.93. The van der Waals surface area contributed by atoms with Crippen molar-refractivity contribution in [2.75, 3.05) is 4.43 Å². The van der Waals surface area contributed by atoms with E-state index in [-0.39, 0.29) is 12.4 Å². The first-order valence-corrected chi connectivity index (χ1v) is 5.69. The lowest BCUT2D eigenvalue weighted by molar-refractivity contribution is 0.275. The standard InChI is InChI=1S/C10H13IO2/c1-7-4-8(2-3-11)10(13)9(5-7)6-12/h4-5,12-13H,2-3,6H2,1H3. The van der Waals surface area contributed by atoms with Gasteiger partial charge in [0.2, 0.25) is 0 Å². The number of phenols is 1. The van der Waals surface area contributed by atoms with Crippen molar-refractivity contribution in [1.82, 2.24) is 0 Å². The van der Waals surface area contributed by atoms with Crippen LogP contribution in [0.3, 0.4) is 0 Å². The molecular formula is C10H13IO2. The maximum Gasteiger partial charge on any atom is 0.124 e. The van der Waals surface area contributed by atoms with E-state index in [2.05, 4.69) is 22.6 Å². The number of rotatable bonds is 3. The number of aliphatic hydroxyl groups is 1. The number of aliphatic hydroxyl groups excluding tert-OH is 1. The van der Waals surface area contributed by atoms with Crippen molar-refractivity contribution in [1.29, 1.82) is 0 Å². The van der Waals surface area contributed by atoms with Crippen molar-refractivity contribution in [3.8, 4) is 5.75 Å².